The van der Waals surface area contributed by atoms with E-state index in [1.807, 2.05) is 13.8 Å². The Bertz CT molecular complexity index is 1500. The lowest BCUT2D eigenvalue weighted by Crippen LogP contribution is -2.52. The molecule has 0 heterocycles. The maximum Gasteiger partial charge on any atom is 0.417 e. The van der Waals surface area contributed by atoms with Gasteiger partial charge in [0.25, 0.3) is 10.0 Å². The second kappa shape index (κ2) is 13.6. The maximum absolute atomic E-state index is 13.9. The number of hydrogen-bond donors (Lipinski definition) is 1. The molecule has 12 heteroatoms. The summed E-state index contributed by atoms with van der Waals surface area (Å²) in [4.78, 5) is 28.0. The Morgan fingerprint density at radius 2 is 1.60 bits per heavy atom. The van der Waals surface area contributed by atoms with Crippen molar-refractivity contribution in [3.63, 3.8) is 0 Å². The van der Waals surface area contributed by atoms with Crippen molar-refractivity contribution in [2.75, 3.05) is 10.8 Å². The molecule has 226 valence electrons. The van der Waals surface area contributed by atoms with Crippen molar-refractivity contribution in [1.82, 2.24) is 10.2 Å². The van der Waals surface area contributed by atoms with Crippen LogP contribution in [0.1, 0.15) is 43.9 Å². The molecule has 0 aliphatic carbocycles. The van der Waals surface area contributed by atoms with Gasteiger partial charge in [-0.15, -0.1) is 0 Å². The van der Waals surface area contributed by atoms with Crippen molar-refractivity contribution in [2.24, 2.45) is 0 Å². The van der Waals surface area contributed by atoms with Crippen LogP contribution in [0.25, 0.3) is 0 Å². The number of rotatable bonds is 11. The van der Waals surface area contributed by atoms with Crippen LogP contribution in [-0.2, 0) is 32.3 Å². The molecule has 2 atom stereocenters. The van der Waals surface area contributed by atoms with Gasteiger partial charge in [-0.25, -0.2) is 8.42 Å². The Balaban J connectivity index is 2.11. The fraction of sp³-hybridized carbons (Fsp3) is 0.333. The summed E-state index contributed by atoms with van der Waals surface area (Å²) >= 11 is 5.80. The number of benzene rings is 3. The molecular weight excluding hydrogens is 591 g/mol. The molecule has 0 radical (unpaired) electrons. The molecule has 0 aliphatic rings. The molecule has 1 N–H and O–H groups in total. The summed E-state index contributed by atoms with van der Waals surface area (Å²) in [5, 5.41) is 2.20. The van der Waals surface area contributed by atoms with E-state index < -0.39 is 56.9 Å². The lowest BCUT2D eigenvalue weighted by Gasteiger charge is -2.32. The molecule has 0 aliphatic heterocycles. The minimum Gasteiger partial charge on any atom is -0.352 e. The quantitative estimate of drug-likeness (QED) is 0.276. The van der Waals surface area contributed by atoms with Gasteiger partial charge in [-0.2, -0.15) is 13.2 Å². The van der Waals surface area contributed by atoms with Crippen molar-refractivity contribution in [3.8, 4) is 0 Å². The Morgan fingerprint density at radius 3 is 2.17 bits per heavy atom. The standard InChI is InChI=1S/C30H33ClF3N3O4S/c1-5-21(3)35-29(39)22(4)36(18-23-9-7-6-8-10-23)28(38)19-37(42(40,41)25-14-11-20(2)12-15-25)24-13-16-27(31)26(17-24)30(32,33)34/h6-17,21-22H,5,18-19H2,1-4H3,(H,35,39). The summed E-state index contributed by atoms with van der Waals surface area (Å²) in [7, 11) is -4.54. The van der Waals surface area contributed by atoms with Crippen LogP contribution in [0.4, 0.5) is 18.9 Å². The first kappa shape index (κ1) is 32.9. The fourth-order valence-electron chi connectivity index (χ4n) is 4.08. The molecule has 0 aromatic heterocycles. The number of nitrogens with zero attached hydrogens (tertiary/aromatic N) is 2. The van der Waals surface area contributed by atoms with E-state index in [1.165, 1.54) is 24.0 Å². The number of aryl methyl sites for hydroxylation is 1. The van der Waals surface area contributed by atoms with E-state index in [4.69, 9.17) is 11.6 Å². The number of carbonyl (C=O) groups is 2. The number of alkyl halides is 3. The topological polar surface area (TPSA) is 86.8 Å². The average molecular weight is 624 g/mol. The first-order chi connectivity index (χ1) is 19.6. The lowest BCUT2D eigenvalue weighted by atomic mass is 10.1. The van der Waals surface area contributed by atoms with Crippen LogP contribution in [0.2, 0.25) is 5.02 Å². The number of nitrogens with one attached hydrogen (secondary N) is 1. The summed E-state index contributed by atoms with van der Waals surface area (Å²) in [5.74, 6) is -1.24. The minimum atomic E-state index is -4.88. The fourth-order valence-corrected chi connectivity index (χ4v) is 5.71. The van der Waals surface area contributed by atoms with E-state index in [0.717, 1.165) is 17.7 Å². The number of anilines is 1. The molecule has 3 rings (SSSR count). The van der Waals surface area contributed by atoms with Gasteiger partial charge >= 0.3 is 6.18 Å². The molecule has 0 saturated heterocycles. The molecule has 2 unspecified atom stereocenters. The van der Waals surface area contributed by atoms with E-state index >= 15 is 0 Å². The summed E-state index contributed by atoms with van der Waals surface area (Å²) in [6.45, 7) is 6.05. The molecular formula is C30H33ClF3N3O4S. The van der Waals surface area contributed by atoms with Gasteiger partial charge in [-0.3, -0.25) is 13.9 Å². The predicted octanol–water partition coefficient (Wildman–Crippen LogP) is 6.19. The summed E-state index contributed by atoms with van der Waals surface area (Å²) in [6, 6.07) is 15.9. The smallest absolute Gasteiger partial charge is 0.352 e. The SMILES string of the molecule is CCC(C)NC(=O)C(C)N(Cc1ccccc1)C(=O)CN(c1ccc(Cl)c(C(F)(F)F)c1)S(=O)(=O)c1ccc(C)cc1. The van der Waals surface area contributed by atoms with Crippen molar-refractivity contribution in [2.45, 2.75) is 63.8 Å². The van der Waals surface area contributed by atoms with E-state index in [1.54, 1.807) is 49.4 Å². The highest BCUT2D eigenvalue weighted by Crippen LogP contribution is 2.38. The lowest BCUT2D eigenvalue weighted by molar-refractivity contribution is -0.139. The number of carbonyl (C=O) groups excluding carboxylic acids is 2. The monoisotopic (exact) mass is 623 g/mol. The zero-order valence-corrected chi connectivity index (χ0v) is 25.2. The predicted molar refractivity (Wildman–Crippen MR) is 157 cm³/mol. The highest BCUT2D eigenvalue weighted by atomic mass is 35.5. The number of sulfonamides is 1. The van der Waals surface area contributed by atoms with Crippen LogP contribution in [0.5, 0.6) is 0 Å². The van der Waals surface area contributed by atoms with Gasteiger partial charge in [0.05, 0.1) is 21.2 Å². The highest BCUT2D eigenvalue weighted by molar-refractivity contribution is 7.92. The van der Waals surface area contributed by atoms with Crippen LogP contribution >= 0.6 is 11.6 Å². The van der Waals surface area contributed by atoms with Crippen molar-refractivity contribution in [1.29, 1.82) is 0 Å². The van der Waals surface area contributed by atoms with Gasteiger partial charge < -0.3 is 10.2 Å². The third-order valence-electron chi connectivity index (χ3n) is 6.80. The van der Waals surface area contributed by atoms with Crippen LogP contribution in [0, 0.1) is 6.92 Å². The molecule has 42 heavy (non-hydrogen) atoms. The first-order valence-corrected chi connectivity index (χ1v) is 15.1. The second-order valence-corrected chi connectivity index (χ2v) is 12.3. The largest absolute Gasteiger partial charge is 0.417 e. The molecule has 2 amide bonds. The normalized spacial score (nSPS) is 13.2. The Hall–Kier alpha value is -3.57. The Labute approximate surface area is 249 Å². The second-order valence-electron chi connectivity index (χ2n) is 9.99. The molecule has 0 fully saturated rings. The Morgan fingerprint density at radius 1 is 0.976 bits per heavy atom. The van der Waals surface area contributed by atoms with Crippen molar-refractivity contribution in [3.05, 3.63) is 94.5 Å². The molecule has 0 spiro atoms. The van der Waals surface area contributed by atoms with Crippen molar-refractivity contribution >= 4 is 39.1 Å². The maximum atomic E-state index is 13.9. The number of halogens is 4. The van der Waals surface area contributed by atoms with E-state index in [-0.39, 0.29) is 17.5 Å². The number of amides is 2. The Kier molecular flexibility index (Phi) is 10.7. The van der Waals surface area contributed by atoms with Gasteiger partial charge in [0.15, 0.2) is 0 Å². The van der Waals surface area contributed by atoms with E-state index in [9.17, 15) is 31.2 Å². The summed E-state index contributed by atoms with van der Waals surface area (Å²) in [6.07, 6.45) is -4.23. The van der Waals surface area contributed by atoms with Crippen LogP contribution in [0.3, 0.4) is 0 Å². The third-order valence-corrected chi connectivity index (χ3v) is 8.91. The molecule has 3 aromatic rings. The van der Waals surface area contributed by atoms with Gasteiger partial charge in [-0.1, -0.05) is 66.6 Å². The molecule has 7 nitrogen and oxygen atoms in total. The van der Waals surface area contributed by atoms with Crippen LogP contribution < -0.4 is 9.62 Å². The van der Waals surface area contributed by atoms with Gasteiger partial charge in [0, 0.05) is 12.6 Å². The molecule has 0 saturated carbocycles. The average Bonchev–Trinajstić information content (AvgIpc) is 2.94. The molecule has 0 bridgehead atoms. The van der Waals surface area contributed by atoms with Gasteiger partial charge in [-0.05, 0) is 63.1 Å². The molecule has 3 aromatic carbocycles. The third kappa shape index (κ3) is 8.04. The van der Waals surface area contributed by atoms with Gasteiger partial charge in [0.1, 0.15) is 12.6 Å². The van der Waals surface area contributed by atoms with Crippen LogP contribution in [-0.4, -0.2) is 43.8 Å². The summed E-state index contributed by atoms with van der Waals surface area (Å²) < 4.78 is 69.6. The van der Waals surface area contributed by atoms with E-state index in [2.05, 4.69) is 5.32 Å². The summed E-state index contributed by atoms with van der Waals surface area (Å²) in [5.41, 5.74) is -0.219. The first-order valence-electron chi connectivity index (χ1n) is 13.2. The van der Waals surface area contributed by atoms with Crippen LogP contribution in [0.15, 0.2) is 77.7 Å². The zero-order valence-electron chi connectivity index (χ0n) is 23.7. The minimum absolute atomic E-state index is 0.0401. The highest BCUT2D eigenvalue weighted by Gasteiger charge is 2.37. The van der Waals surface area contributed by atoms with Gasteiger partial charge in [0.2, 0.25) is 11.8 Å². The number of hydrogen-bond acceptors (Lipinski definition) is 4. The zero-order chi connectivity index (χ0) is 31.2. The van der Waals surface area contributed by atoms with E-state index in [0.29, 0.717) is 22.4 Å². The van der Waals surface area contributed by atoms with Crippen molar-refractivity contribution < 1.29 is 31.2 Å².